The normalized spacial score (nSPS) is 20.6. The molecule has 42 heavy (non-hydrogen) atoms. The summed E-state index contributed by atoms with van der Waals surface area (Å²) in [4.78, 5) is 12.2. The lowest BCUT2D eigenvalue weighted by Crippen LogP contribution is -2.51. The molecule has 0 spiro atoms. The molecular weight excluding hydrogens is 573 g/mol. The minimum atomic E-state index is -0.869. The first kappa shape index (κ1) is 30.0. The van der Waals surface area contributed by atoms with E-state index in [0.29, 0.717) is 41.2 Å². The number of fused-ring (bicyclic) bond motifs is 1. The molecule has 2 N–H and O–H groups in total. The highest BCUT2D eigenvalue weighted by Gasteiger charge is 2.34. The predicted octanol–water partition coefficient (Wildman–Crippen LogP) is 7.97. The third-order valence-electron chi connectivity index (χ3n) is 7.94. The van der Waals surface area contributed by atoms with E-state index in [1.807, 2.05) is 60.7 Å². The molecule has 0 saturated heterocycles. The first-order valence-corrected chi connectivity index (χ1v) is 14.9. The summed E-state index contributed by atoms with van der Waals surface area (Å²) in [7, 11) is 0. The Bertz CT molecular complexity index is 1470. The molecule has 2 aliphatic rings. The van der Waals surface area contributed by atoms with Gasteiger partial charge in [-0.3, -0.25) is 4.79 Å². The largest absolute Gasteiger partial charge is 0.489 e. The molecule has 1 aliphatic carbocycles. The van der Waals surface area contributed by atoms with Crippen molar-refractivity contribution in [2.24, 2.45) is 5.41 Å². The number of halogens is 2. The van der Waals surface area contributed by atoms with Crippen LogP contribution in [-0.2, 0) is 17.8 Å². The van der Waals surface area contributed by atoms with Crippen LogP contribution in [0.5, 0.6) is 17.2 Å². The number of nitrogens with one attached hydrogen (secondary N) is 1. The summed E-state index contributed by atoms with van der Waals surface area (Å²) in [5, 5.41) is 14.5. The average Bonchev–Trinajstić information content (AvgIpc) is 3.00. The fourth-order valence-corrected chi connectivity index (χ4v) is 5.78. The fourth-order valence-electron chi connectivity index (χ4n) is 5.45. The molecule has 0 amide bonds. The minimum absolute atomic E-state index is 0.0329. The van der Waals surface area contributed by atoms with Gasteiger partial charge in [-0.05, 0) is 72.4 Å². The molecule has 5 rings (SSSR count). The van der Waals surface area contributed by atoms with Gasteiger partial charge in [0.05, 0.1) is 10.0 Å². The molecule has 3 aromatic rings. The molecule has 0 saturated carbocycles. The van der Waals surface area contributed by atoms with Gasteiger partial charge in [0.2, 0.25) is 0 Å². The van der Waals surface area contributed by atoms with Crippen molar-refractivity contribution in [1.29, 1.82) is 0 Å². The van der Waals surface area contributed by atoms with Gasteiger partial charge in [-0.25, -0.2) is 0 Å². The van der Waals surface area contributed by atoms with Crippen molar-refractivity contribution < 1.29 is 24.1 Å². The summed E-state index contributed by atoms with van der Waals surface area (Å²) in [5.74, 6) is 1.11. The van der Waals surface area contributed by atoms with Crippen LogP contribution in [0, 0.1) is 5.41 Å². The van der Waals surface area contributed by atoms with Crippen LogP contribution in [0.3, 0.4) is 0 Å². The second-order valence-electron chi connectivity index (χ2n) is 11.0. The number of rotatable bonds is 11. The van der Waals surface area contributed by atoms with E-state index in [1.54, 1.807) is 12.1 Å². The summed E-state index contributed by atoms with van der Waals surface area (Å²) in [6, 6.07) is 18.1. The van der Waals surface area contributed by atoms with E-state index >= 15 is 0 Å². The van der Waals surface area contributed by atoms with Crippen molar-refractivity contribution >= 4 is 29.2 Å². The van der Waals surface area contributed by atoms with E-state index in [9.17, 15) is 9.90 Å². The summed E-state index contributed by atoms with van der Waals surface area (Å²) < 4.78 is 18.2. The van der Waals surface area contributed by atoms with E-state index in [0.717, 1.165) is 35.3 Å². The number of ether oxygens (including phenoxy) is 3. The third kappa shape index (κ3) is 7.12. The molecule has 6 nitrogen and oxygen atoms in total. The number of hydrogen-bond acceptors (Lipinski definition) is 5. The molecule has 3 aromatic carbocycles. The maximum atomic E-state index is 12.2. The zero-order valence-corrected chi connectivity index (χ0v) is 25.2. The van der Waals surface area contributed by atoms with Crippen molar-refractivity contribution in [3.05, 3.63) is 112 Å². The Labute approximate surface area is 256 Å². The molecule has 1 heterocycles. The second kappa shape index (κ2) is 13.2. The lowest BCUT2D eigenvalue weighted by atomic mass is 9.75. The predicted molar refractivity (Wildman–Crippen MR) is 166 cm³/mol. The molecular formula is C34H35Cl2NO5. The Balaban J connectivity index is 1.19. The van der Waals surface area contributed by atoms with Gasteiger partial charge in [0.25, 0.3) is 0 Å². The van der Waals surface area contributed by atoms with Crippen molar-refractivity contribution in [2.75, 3.05) is 6.61 Å². The number of allylic oxidation sites excluding steroid dienone is 3. The van der Waals surface area contributed by atoms with Crippen LogP contribution in [0.1, 0.15) is 49.5 Å². The SMILES string of the molecule is CC[C@H](N[C@@H](Cc1ccc2c(c1)OC[C@H](c1ccc(OCc3ccc(Cl)c(Cl)c3)cc1)O2)C(=O)O)C1(C)C=CC=CC1. The number of benzene rings is 3. The Hall–Kier alpha value is -3.45. The molecule has 0 fully saturated rings. The summed E-state index contributed by atoms with van der Waals surface area (Å²) >= 11 is 12.1. The number of carboxylic acid groups (broad SMARTS) is 1. The van der Waals surface area contributed by atoms with Gasteiger partial charge in [0.15, 0.2) is 17.6 Å². The smallest absolute Gasteiger partial charge is 0.321 e. The highest BCUT2D eigenvalue weighted by atomic mass is 35.5. The zero-order valence-electron chi connectivity index (χ0n) is 23.7. The van der Waals surface area contributed by atoms with Crippen LogP contribution in [0.25, 0.3) is 0 Å². The van der Waals surface area contributed by atoms with Crippen LogP contribution in [0.15, 0.2) is 85.0 Å². The molecule has 8 heteroatoms. The number of aliphatic carboxylic acids is 1. The monoisotopic (exact) mass is 607 g/mol. The maximum absolute atomic E-state index is 12.2. The third-order valence-corrected chi connectivity index (χ3v) is 8.67. The summed E-state index contributed by atoms with van der Waals surface area (Å²) in [6.07, 6.45) is 10.1. The molecule has 1 unspecified atom stereocenters. The van der Waals surface area contributed by atoms with Gasteiger partial charge < -0.3 is 24.6 Å². The Morgan fingerprint density at radius 3 is 2.52 bits per heavy atom. The van der Waals surface area contributed by atoms with E-state index in [-0.39, 0.29) is 17.6 Å². The van der Waals surface area contributed by atoms with Crippen LogP contribution in [0.2, 0.25) is 10.0 Å². The zero-order chi connectivity index (χ0) is 29.7. The van der Waals surface area contributed by atoms with Crippen molar-refractivity contribution in [2.45, 2.75) is 57.9 Å². The molecule has 0 aromatic heterocycles. The Kier molecular flexibility index (Phi) is 9.47. The van der Waals surface area contributed by atoms with Gasteiger partial charge in [0.1, 0.15) is 25.0 Å². The number of carbonyl (C=O) groups is 1. The topological polar surface area (TPSA) is 77.0 Å². The molecule has 0 radical (unpaired) electrons. The quantitative estimate of drug-likeness (QED) is 0.230. The van der Waals surface area contributed by atoms with Gasteiger partial charge in [-0.15, -0.1) is 0 Å². The number of hydrogen-bond donors (Lipinski definition) is 2. The van der Waals surface area contributed by atoms with Crippen LogP contribution in [-0.4, -0.2) is 29.8 Å². The van der Waals surface area contributed by atoms with Gasteiger partial charge >= 0.3 is 5.97 Å². The van der Waals surface area contributed by atoms with Gasteiger partial charge in [0, 0.05) is 11.5 Å². The Morgan fingerprint density at radius 2 is 1.83 bits per heavy atom. The molecule has 220 valence electrons. The Morgan fingerprint density at radius 1 is 1.05 bits per heavy atom. The van der Waals surface area contributed by atoms with Crippen molar-refractivity contribution in [1.82, 2.24) is 5.32 Å². The molecule has 4 atom stereocenters. The highest BCUT2D eigenvalue weighted by Crippen LogP contribution is 2.38. The summed E-state index contributed by atoms with van der Waals surface area (Å²) in [5.41, 5.74) is 2.64. The molecule has 0 bridgehead atoms. The lowest BCUT2D eigenvalue weighted by molar-refractivity contribution is -0.139. The maximum Gasteiger partial charge on any atom is 0.321 e. The van der Waals surface area contributed by atoms with Gasteiger partial charge in [-0.2, -0.15) is 0 Å². The fraction of sp³-hybridized carbons (Fsp3) is 0.324. The first-order valence-electron chi connectivity index (χ1n) is 14.2. The summed E-state index contributed by atoms with van der Waals surface area (Å²) in [6.45, 7) is 4.98. The van der Waals surface area contributed by atoms with E-state index in [2.05, 4.69) is 31.3 Å². The van der Waals surface area contributed by atoms with Crippen molar-refractivity contribution in [3.8, 4) is 17.2 Å². The highest BCUT2D eigenvalue weighted by molar-refractivity contribution is 6.42. The average molecular weight is 609 g/mol. The van der Waals surface area contributed by atoms with E-state index < -0.39 is 12.0 Å². The minimum Gasteiger partial charge on any atom is -0.489 e. The standard InChI is InChI=1S/C34H35Cl2NO5/c1-3-32(34(2)15-5-4-6-16-34)37-28(33(38)39)18-22-8-14-29-30(19-22)41-21-31(42-29)24-9-11-25(12-10-24)40-20-23-7-13-26(35)27(36)17-23/h4-15,17,19,28,31-32,37H,3,16,18,20-21H2,1-2H3,(H,38,39)/t28-,31+,32-,34?/m0/s1. The van der Waals surface area contributed by atoms with Crippen LogP contribution in [0.4, 0.5) is 0 Å². The van der Waals surface area contributed by atoms with Crippen molar-refractivity contribution in [3.63, 3.8) is 0 Å². The first-order chi connectivity index (χ1) is 20.2. The van der Waals surface area contributed by atoms with Crippen LogP contribution >= 0.6 is 23.2 Å². The second-order valence-corrected chi connectivity index (χ2v) is 11.8. The number of carboxylic acids is 1. The van der Waals surface area contributed by atoms with Crippen LogP contribution < -0.4 is 19.5 Å². The lowest BCUT2D eigenvalue weighted by Gasteiger charge is -2.37. The van der Waals surface area contributed by atoms with Gasteiger partial charge in [-0.1, -0.05) is 85.6 Å². The molecule has 1 aliphatic heterocycles. The van der Waals surface area contributed by atoms with E-state index in [4.69, 9.17) is 37.4 Å². The van der Waals surface area contributed by atoms with E-state index in [1.165, 1.54) is 0 Å².